The molecule has 0 fully saturated rings. The Morgan fingerprint density at radius 1 is 1.08 bits per heavy atom. The number of carbonyl (C=O) groups excluding carboxylic acids is 1. The molecule has 9 nitrogen and oxygen atoms in total. The second kappa shape index (κ2) is 7.68. The largest absolute Gasteiger partial charge is 0.485 e. The molecule has 128 valence electrons. The highest BCUT2D eigenvalue weighted by Gasteiger charge is 2.28. The van der Waals surface area contributed by atoms with E-state index in [2.05, 4.69) is 5.32 Å². The van der Waals surface area contributed by atoms with Gasteiger partial charge in [-0.3, -0.25) is 25.0 Å². The lowest BCUT2D eigenvalue weighted by molar-refractivity contribution is -0.395. The van der Waals surface area contributed by atoms with Crippen molar-refractivity contribution in [2.75, 3.05) is 12.4 Å². The van der Waals surface area contributed by atoms with Gasteiger partial charge in [0.1, 0.15) is 0 Å². The molecule has 2 aromatic rings. The van der Waals surface area contributed by atoms with Crippen LogP contribution in [0.25, 0.3) is 6.08 Å². The molecule has 0 unspecified atom stereocenters. The maximum absolute atomic E-state index is 11.9. The van der Waals surface area contributed by atoms with Gasteiger partial charge in [-0.25, -0.2) is 0 Å². The van der Waals surface area contributed by atoms with Crippen molar-refractivity contribution in [1.82, 2.24) is 0 Å². The number of nitro groups is 2. The third-order valence-corrected chi connectivity index (χ3v) is 3.14. The van der Waals surface area contributed by atoms with E-state index in [9.17, 15) is 25.0 Å². The van der Waals surface area contributed by atoms with Crippen LogP contribution in [0.15, 0.2) is 48.5 Å². The lowest BCUT2D eigenvalue weighted by atomic mass is 10.2. The van der Waals surface area contributed by atoms with Crippen molar-refractivity contribution in [2.45, 2.75) is 0 Å². The second-order valence-corrected chi connectivity index (χ2v) is 4.80. The highest BCUT2D eigenvalue weighted by Crippen LogP contribution is 2.39. The number of hydrogen-bond donors (Lipinski definition) is 1. The van der Waals surface area contributed by atoms with Gasteiger partial charge in [-0.05, 0) is 11.6 Å². The van der Waals surface area contributed by atoms with Gasteiger partial charge in [-0.1, -0.05) is 30.3 Å². The lowest BCUT2D eigenvalue weighted by Crippen LogP contribution is -2.09. The molecule has 0 aliphatic rings. The summed E-state index contributed by atoms with van der Waals surface area (Å²) in [5.41, 5.74) is -0.524. The summed E-state index contributed by atoms with van der Waals surface area (Å²) >= 11 is 0. The maximum atomic E-state index is 11.9. The van der Waals surface area contributed by atoms with Crippen molar-refractivity contribution < 1.29 is 19.4 Å². The fraction of sp³-hybridized carbons (Fsp3) is 0.0625. The van der Waals surface area contributed by atoms with Crippen LogP contribution in [0.5, 0.6) is 5.75 Å². The molecule has 0 aromatic heterocycles. The summed E-state index contributed by atoms with van der Waals surface area (Å²) < 4.78 is 4.75. The molecule has 0 heterocycles. The molecular weight excluding hydrogens is 330 g/mol. The van der Waals surface area contributed by atoms with Crippen molar-refractivity contribution >= 4 is 29.0 Å². The number of amides is 1. The first-order valence-corrected chi connectivity index (χ1v) is 6.97. The number of nitrogens with zero attached hydrogens (tertiary/aromatic N) is 2. The molecule has 25 heavy (non-hydrogen) atoms. The van der Waals surface area contributed by atoms with E-state index < -0.39 is 32.9 Å². The zero-order valence-corrected chi connectivity index (χ0v) is 13.0. The topological polar surface area (TPSA) is 125 Å². The summed E-state index contributed by atoms with van der Waals surface area (Å²) in [4.78, 5) is 32.5. The van der Waals surface area contributed by atoms with Crippen LogP contribution in [0.4, 0.5) is 17.1 Å². The Hall–Kier alpha value is -3.75. The van der Waals surface area contributed by atoms with Crippen LogP contribution in [0.2, 0.25) is 0 Å². The van der Waals surface area contributed by atoms with E-state index in [1.54, 1.807) is 30.3 Å². The van der Waals surface area contributed by atoms with Gasteiger partial charge >= 0.3 is 11.4 Å². The number of hydrogen-bond acceptors (Lipinski definition) is 6. The van der Waals surface area contributed by atoms with Crippen molar-refractivity contribution in [1.29, 1.82) is 0 Å². The normalized spacial score (nSPS) is 10.4. The predicted molar refractivity (Wildman–Crippen MR) is 90.4 cm³/mol. The van der Waals surface area contributed by atoms with Gasteiger partial charge < -0.3 is 10.1 Å². The molecule has 0 bridgehead atoms. The van der Waals surface area contributed by atoms with E-state index in [1.165, 1.54) is 6.08 Å². The number of benzene rings is 2. The number of nitro benzene ring substituents is 2. The van der Waals surface area contributed by atoms with Crippen molar-refractivity contribution in [3.8, 4) is 5.75 Å². The predicted octanol–water partition coefficient (Wildman–Crippen LogP) is 3.16. The molecule has 2 rings (SSSR count). The Bertz CT molecular complexity index is 813. The quantitative estimate of drug-likeness (QED) is 0.488. The lowest BCUT2D eigenvalue weighted by Gasteiger charge is -2.06. The first-order chi connectivity index (χ1) is 11.9. The summed E-state index contributed by atoms with van der Waals surface area (Å²) in [7, 11) is 1.09. The van der Waals surface area contributed by atoms with E-state index in [0.29, 0.717) is 0 Å². The van der Waals surface area contributed by atoms with E-state index >= 15 is 0 Å². The van der Waals surface area contributed by atoms with Crippen molar-refractivity contribution in [3.05, 3.63) is 74.3 Å². The SMILES string of the molecule is COc1c([N+](=O)[O-])cc(NC(=O)/C=C/c2ccccc2)cc1[N+](=O)[O-]. The van der Waals surface area contributed by atoms with Crippen LogP contribution in [-0.4, -0.2) is 22.9 Å². The average molecular weight is 343 g/mol. The Balaban J connectivity index is 2.30. The number of methoxy groups -OCH3 is 1. The van der Waals surface area contributed by atoms with Gasteiger partial charge in [-0.2, -0.15) is 0 Å². The molecule has 0 aliphatic heterocycles. The van der Waals surface area contributed by atoms with Crippen molar-refractivity contribution in [2.24, 2.45) is 0 Å². The molecule has 0 saturated carbocycles. The third-order valence-electron chi connectivity index (χ3n) is 3.14. The van der Waals surface area contributed by atoms with Gasteiger partial charge in [0, 0.05) is 18.2 Å². The van der Waals surface area contributed by atoms with Gasteiger partial charge in [0.05, 0.1) is 22.6 Å². The fourth-order valence-electron chi connectivity index (χ4n) is 2.07. The van der Waals surface area contributed by atoms with Crippen LogP contribution in [-0.2, 0) is 4.79 Å². The minimum Gasteiger partial charge on any atom is -0.485 e. The van der Waals surface area contributed by atoms with E-state index in [1.807, 2.05) is 6.07 Å². The van der Waals surface area contributed by atoms with Crippen LogP contribution in [0.1, 0.15) is 5.56 Å². The summed E-state index contributed by atoms with van der Waals surface area (Å²) in [5, 5.41) is 24.5. The maximum Gasteiger partial charge on any atom is 0.320 e. The summed E-state index contributed by atoms with van der Waals surface area (Å²) in [6.07, 6.45) is 2.76. The van der Waals surface area contributed by atoms with Gasteiger partial charge in [0.25, 0.3) is 5.75 Å². The molecule has 9 heteroatoms. The number of carbonyl (C=O) groups is 1. The standard InChI is InChI=1S/C16H13N3O6/c1-25-16-13(18(21)22)9-12(10-14(16)19(23)24)17-15(20)8-7-11-5-3-2-4-6-11/h2-10H,1H3,(H,17,20)/b8-7+. The highest BCUT2D eigenvalue weighted by atomic mass is 16.6. The Morgan fingerprint density at radius 2 is 1.64 bits per heavy atom. The van der Waals surface area contributed by atoms with Crippen LogP contribution in [0.3, 0.4) is 0 Å². The first kappa shape index (κ1) is 17.6. The molecule has 0 radical (unpaired) electrons. The summed E-state index contributed by atoms with van der Waals surface area (Å²) in [6, 6.07) is 11.0. The van der Waals surface area contributed by atoms with Crippen LogP contribution >= 0.6 is 0 Å². The summed E-state index contributed by atoms with van der Waals surface area (Å²) in [5.74, 6) is -1.06. The zero-order chi connectivity index (χ0) is 18.4. The van der Waals surface area contributed by atoms with Crippen LogP contribution < -0.4 is 10.1 Å². The fourth-order valence-corrected chi connectivity index (χ4v) is 2.07. The number of rotatable bonds is 6. The van der Waals surface area contributed by atoms with Crippen LogP contribution in [0, 0.1) is 20.2 Å². The summed E-state index contributed by atoms with van der Waals surface area (Å²) in [6.45, 7) is 0. The van der Waals surface area contributed by atoms with Gasteiger partial charge in [0.2, 0.25) is 5.91 Å². The highest BCUT2D eigenvalue weighted by molar-refractivity contribution is 6.02. The smallest absolute Gasteiger partial charge is 0.320 e. The van der Waals surface area contributed by atoms with Gasteiger partial charge in [-0.15, -0.1) is 0 Å². The Kier molecular flexibility index (Phi) is 5.41. The molecule has 2 aromatic carbocycles. The molecule has 0 aliphatic carbocycles. The molecular formula is C16H13N3O6. The third kappa shape index (κ3) is 4.38. The van der Waals surface area contributed by atoms with E-state index in [-0.39, 0.29) is 5.69 Å². The molecule has 1 amide bonds. The minimum absolute atomic E-state index is 0.0816. The van der Waals surface area contributed by atoms with E-state index in [4.69, 9.17) is 4.74 Å². The molecule has 0 atom stereocenters. The monoisotopic (exact) mass is 343 g/mol. The van der Waals surface area contributed by atoms with Gasteiger partial charge in [0.15, 0.2) is 0 Å². The number of anilines is 1. The van der Waals surface area contributed by atoms with E-state index in [0.717, 1.165) is 24.8 Å². The first-order valence-electron chi connectivity index (χ1n) is 6.97. The Morgan fingerprint density at radius 3 is 2.12 bits per heavy atom. The minimum atomic E-state index is -0.818. The zero-order valence-electron chi connectivity index (χ0n) is 13.0. The number of nitrogens with one attached hydrogen (secondary N) is 1. The van der Waals surface area contributed by atoms with Crippen molar-refractivity contribution in [3.63, 3.8) is 0 Å². The number of ether oxygens (including phenoxy) is 1. The molecule has 0 saturated heterocycles. The molecule has 1 N–H and O–H groups in total. The average Bonchev–Trinajstić information content (AvgIpc) is 2.60. The Labute approximate surface area is 141 Å². The second-order valence-electron chi connectivity index (χ2n) is 4.80. The molecule has 0 spiro atoms.